The standard InChI is InChI=1S/C16H16N4O2/c1-22-12-9-19(10-12)15-7-6-11(8-17-15)20-14-5-3-2-4-13(14)18-16(20)21/h2-8,12H,9-10H2,1H3,(H,18,21). The number of ether oxygens (including phenoxy) is 1. The van der Waals surface area contributed by atoms with Crippen LogP contribution in [0.15, 0.2) is 47.4 Å². The summed E-state index contributed by atoms with van der Waals surface area (Å²) < 4.78 is 6.90. The Hall–Kier alpha value is -2.60. The van der Waals surface area contributed by atoms with Crippen LogP contribution in [0.3, 0.4) is 0 Å². The van der Waals surface area contributed by atoms with Gasteiger partial charge in [-0.1, -0.05) is 12.1 Å². The highest BCUT2D eigenvalue weighted by Crippen LogP contribution is 2.21. The fourth-order valence-electron chi connectivity index (χ4n) is 2.78. The van der Waals surface area contributed by atoms with Crippen molar-refractivity contribution in [1.29, 1.82) is 0 Å². The lowest BCUT2D eigenvalue weighted by molar-refractivity contribution is 0.0783. The van der Waals surface area contributed by atoms with Crippen LogP contribution in [0.25, 0.3) is 16.7 Å². The molecule has 0 bridgehead atoms. The SMILES string of the molecule is COC1CN(c2ccc(-n3c(=O)[nH]c4ccccc43)cn2)C1. The minimum atomic E-state index is -0.154. The molecule has 0 spiro atoms. The molecule has 112 valence electrons. The molecule has 3 aromatic rings. The number of aromatic nitrogens is 3. The first-order chi connectivity index (χ1) is 10.8. The highest BCUT2D eigenvalue weighted by atomic mass is 16.5. The van der Waals surface area contributed by atoms with Crippen molar-refractivity contribution in [1.82, 2.24) is 14.5 Å². The first kappa shape index (κ1) is 13.1. The van der Waals surface area contributed by atoms with Gasteiger partial charge in [-0.05, 0) is 24.3 Å². The van der Waals surface area contributed by atoms with Gasteiger partial charge in [0.05, 0.1) is 29.0 Å². The molecular weight excluding hydrogens is 280 g/mol. The number of hydrogen-bond donors (Lipinski definition) is 1. The summed E-state index contributed by atoms with van der Waals surface area (Å²) in [6.07, 6.45) is 2.02. The third kappa shape index (κ3) is 2.00. The van der Waals surface area contributed by atoms with Gasteiger partial charge in [-0.25, -0.2) is 9.78 Å². The first-order valence-electron chi connectivity index (χ1n) is 7.20. The zero-order valence-corrected chi connectivity index (χ0v) is 12.2. The Morgan fingerprint density at radius 2 is 2.05 bits per heavy atom. The van der Waals surface area contributed by atoms with Gasteiger partial charge in [0.15, 0.2) is 0 Å². The lowest BCUT2D eigenvalue weighted by atomic mass is 10.1. The second-order valence-electron chi connectivity index (χ2n) is 5.42. The van der Waals surface area contributed by atoms with E-state index < -0.39 is 0 Å². The smallest absolute Gasteiger partial charge is 0.331 e. The highest BCUT2D eigenvalue weighted by Gasteiger charge is 2.27. The molecule has 0 unspecified atom stereocenters. The minimum Gasteiger partial charge on any atom is -0.378 e. The van der Waals surface area contributed by atoms with Crippen LogP contribution in [0.5, 0.6) is 0 Å². The summed E-state index contributed by atoms with van der Waals surface area (Å²) in [4.78, 5) is 21.6. The van der Waals surface area contributed by atoms with Crippen molar-refractivity contribution in [3.63, 3.8) is 0 Å². The fraction of sp³-hybridized carbons (Fsp3) is 0.250. The van der Waals surface area contributed by atoms with E-state index in [4.69, 9.17) is 4.74 Å². The molecule has 1 aromatic carbocycles. The number of rotatable bonds is 3. The molecule has 4 rings (SSSR count). The number of para-hydroxylation sites is 2. The van der Waals surface area contributed by atoms with Gasteiger partial charge in [0, 0.05) is 20.2 Å². The van der Waals surface area contributed by atoms with Crippen molar-refractivity contribution in [2.24, 2.45) is 0 Å². The van der Waals surface area contributed by atoms with E-state index in [2.05, 4.69) is 14.9 Å². The number of aromatic amines is 1. The van der Waals surface area contributed by atoms with Gasteiger partial charge < -0.3 is 14.6 Å². The molecule has 1 aliphatic heterocycles. The van der Waals surface area contributed by atoms with Gasteiger partial charge in [0.1, 0.15) is 5.82 Å². The number of fused-ring (bicyclic) bond motifs is 1. The van der Waals surface area contributed by atoms with E-state index in [9.17, 15) is 4.79 Å². The van der Waals surface area contributed by atoms with Crippen LogP contribution in [-0.2, 0) is 4.74 Å². The quantitative estimate of drug-likeness (QED) is 0.796. The molecule has 0 saturated carbocycles. The molecule has 1 aliphatic rings. The van der Waals surface area contributed by atoms with Gasteiger partial charge in [-0.15, -0.1) is 0 Å². The summed E-state index contributed by atoms with van der Waals surface area (Å²) in [6, 6.07) is 11.5. The molecule has 1 N–H and O–H groups in total. The summed E-state index contributed by atoms with van der Waals surface area (Å²) in [5, 5.41) is 0. The molecule has 6 nitrogen and oxygen atoms in total. The number of hydrogen-bond acceptors (Lipinski definition) is 4. The van der Waals surface area contributed by atoms with Crippen LogP contribution in [0.4, 0.5) is 5.82 Å². The van der Waals surface area contributed by atoms with Crippen molar-refractivity contribution in [2.75, 3.05) is 25.1 Å². The summed E-state index contributed by atoms with van der Waals surface area (Å²) in [7, 11) is 1.72. The average molecular weight is 296 g/mol. The molecule has 2 aromatic heterocycles. The Morgan fingerprint density at radius 3 is 2.77 bits per heavy atom. The lowest BCUT2D eigenvalue weighted by Crippen LogP contribution is -2.52. The summed E-state index contributed by atoms with van der Waals surface area (Å²) in [6.45, 7) is 1.71. The second-order valence-corrected chi connectivity index (χ2v) is 5.42. The molecule has 0 atom stereocenters. The van der Waals surface area contributed by atoms with Crippen LogP contribution in [0, 0.1) is 0 Å². The van der Waals surface area contributed by atoms with Gasteiger partial charge in [-0.2, -0.15) is 0 Å². The third-order valence-corrected chi connectivity index (χ3v) is 4.09. The molecule has 0 radical (unpaired) electrons. The van der Waals surface area contributed by atoms with Crippen molar-refractivity contribution in [3.8, 4) is 5.69 Å². The Morgan fingerprint density at radius 1 is 1.23 bits per heavy atom. The molecule has 1 fully saturated rings. The molecule has 22 heavy (non-hydrogen) atoms. The topological polar surface area (TPSA) is 63.1 Å². The third-order valence-electron chi connectivity index (χ3n) is 4.09. The number of pyridine rings is 1. The molecule has 1 saturated heterocycles. The van der Waals surface area contributed by atoms with Crippen LogP contribution < -0.4 is 10.6 Å². The van der Waals surface area contributed by atoms with E-state index in [-0.39, 0.29) is 11.8 Å². The number of H-pyrrole nitrogens is 1. The number of benzene rings is 1. The van der Waals surface area contributed by atoms with E-state index in [0.717, 1.165) is 35.6 Å². The Bertz CT molecular complexity index is 860. The second kappa shape index (κ2) is 4.99. The minimum absolute atomic E-state index is 0.154. The predicted octanol–water partition coefficient (Wildman–Crippen LogP) is 1.55. The summed E-state index contributed by atoms with van der Waals surface area (Å²) >= 11 is 0. The van der Waals surface area contributed by atoms with Crippen LogP contribution in [0.1, 0.15) is 0 Å². The van der Waals surface area contributed by atoms with Gasteiger partial charge in [0.25, 0.3) is 0 Å². The summed E-state index contributed by atoms with van der Waals surface area (Å²) in [5.41, 5.74) is 2.28. The number of methoxy groups -OCH3 is 1. The molecular formula is C16H16N4O2. The number of nitrogens with zero attached hydrogens (tertiary/aromatic N) is 3. The van der Waals surface area contributed by atoms with Gasteiger partial charge in [0.2, 0.25) is 0 Å². The zero-order chi connectivity index (χ0) is 15.1. The maximum Gasteiger partial charge on any atom is 0.331 e. The Balaban J connectivity index is 1.68. The largest absolute Gasteiger partial charge is 0.378 e. The summed E-state index contributed by atoms with van der Waals surface area (Å²) in [5.74, 6) is 0.907. The fourth-order valence-corrected chi connectivity index (χ4v) is 2.78. The Kier molecular flexibility index (Phi) is 2.97. The van der Waals surface area contributed by atoms with Crippen molar-refractivity contribution in [2.45, 2.75) is 6.10 Å². The van der Waals surface area contributed by atoms with Gasteiger partial charge in [-0.3, -0.25) is 4.57 Å². The maximum absolute atomic E-state index is 12.2. The zero-order valence-electron chi connectivity index (χ0n) is 12.2. The highest BCUT2D eigenvalue weighted by molar-refractivity contribution is 5.77. The van der Waals surface area contributed by atoms with E-state index >= 15 is 0 Å². The van der Waals surface area contributed by atoms with Crippen LogP contribution in [-0.4, -0.2) is 40.8 Å². The number of anilines is 1. The van der Waals surface area contributed by atoms with Crippen LogP contribution >= 0.6 is 0 Å². The monoisotopic (exact) mass is 296 g/mol. The molecule has 3 heterocycles. The first-order valence-corrected chi connectivity index (χ1v) is 7.20. The average Bonchev–Trinajstić information content (AvgIpc) is 2.83. The van der Waals surface area contributed by atoms with E-state index in [0.29, 0.717) is 0 Å². The normalized spacial score (nSPS) is 15.2. The van der Waals surface area contributed by atoms with Crippen LogP contribution in [0.2, 0.25) is 0 Å². The molecule has 0 amide bonds. The molecule has 0 aliphatic carbocycles. The van der Waals surface area contributed by atoms with Crippen molar-refractivity contribution in [3.05, 3.63) is 53.1 Å². The van der Waals surface area contributed by atoms with Crippen molar-refractivity contribution >= 4 is 16.9 Å². The molecule has 6 heteroatoms. The lowest BCUT2D eigenvalue weighted by Gasteiger charge is -2.38. The maximum atomic E-state index is 12.2. The van der Waals surface area contributed by atoms with E-state index in [1.165, 1.54) is 0 Å². The van der Waals surface area contributed by atoms with E-state index in [1.807, 2.05) is 36.4 Å². The number of nitrogens with one attached hydrogen (secondary N) is 1. The van der Waals surface area contributed by atoms with Gasteiger partial charge >= 0.3 is 5.69 Å². The van der Waals surface area contributed by atoms with Crippen molar-refractivity contribution < 1.29 is 4.74 Å². The van der Waals surface area contributed by atoms with E-state index in [1.54, 1.807) is 17.9 Å². The Labute approximate surface area is 127 Å². The number of imidazole rings is 1. The predicted molar refractivity (Wildman–Crippen MR) is 84.7 cm³/mol.